The largest absolute Gasteiger partial charge is 0.493 e. The van der Waals surface area contributed by atoms with Crippen LogP contribution in [0, 0.1) is 6.92 Å². The molecule has 0 fully saturated rings. The summed E-state index contributed by atoms with van der Waals surface area (Å²) in [6.07, 6.45) is 2.69. The lowest BCUT2D eigenvalue weighted by molar-refractivity contribution is -0.131. The second-order valence-corrected chi connectivity index (χ2v) is 4.09. The zero-order chi connectivity index (χ0) is 14.0. The van der Waals surface area contributed by atoms with E-state index in [0.717, 1.165) is 28.2 Å². The van der Waals surface area contributed by atoms with Crippen LogP contribution in [0.3, 0.4) is 0 Å². The SMILES string of the molecule is COc1cc2[nH]c(C)c(/C=C/C(=O)O)c2cc1OC. The van der Waals surface area contributed by atoms with Crippen LogP contribution in [0.25, 0.3) is 17.0 Å². The molecule has 0 aliphatic rings. The van der Waals surface area contributed by atoms with Crippen LogP contribution >= 0.6 is 0 Å². The Balaban J connectivity index is 2.65. The molecule has 0 bridgehead atoms. The molecule has 0 unspecified atom stereocenters. The second kappa shape index (κ2) is 5.06. The molecule has 19 heavy (non-hydrogen) atoms. The van der Waals surface area contributed by atoms with E-state index in [1.165, 1.54) is 0 Å². The highest BCUT2D eigenvalue weighted by Gasteiger charge is 2.11. The Morgan fingerprint density at radius 1 is 1.26 bits per heavy atom. The fraction of sp³-hybridized carbons (Fsp3) is 0.214. The first-order valence-corrected chi connectivity index (χ1v) is 5.72. The summed E-state index contributed by atoms with van der Waals surface area (Å²) in [6.45, 7) is 1.89. The lowest BCUT2D eigenvalue weighted by Gasteiger charge is -2.07. The van der Waals surface area contributed by atoms with Crippen molar-refractivity contribution in [1.82, 2.24) is 4.98 Å². The fourth-order valence-corrected chi connectivity index (χ4v) is 2.05. The maximum Gasteiger partial charge on any atom is 0.328 e. The normalized spacial score (nSPS) is 11.1. The average Bonchev–Trinajstić information content (AvgIpc) is 2.69. The van der Waals surface area contributed by atoms with Crippen molar-refractivity contribution in [1.29, 1.82) is 0 Å². The number of hydrogen-bond acceptors (Lipinski definition) is 3. The predicted molar refractivity (Wildman–Crippen MR) is 72.8 cm³/mol. The van der Waals surface area contributed by atoms with Gasteiger partial charge in [-0.15, -0.1) is 0 Å². The first kappa shape index (κ1) is 13.0. The summed E-state index contributed by atoms with van der Waals surface area (Å²) in [6, 6.07) is 3.67. The zero-order valence-electron chi connectivity index (χ0n) is 11.0. The van der Waals surface area contributed by atoms with Crippen molar-refractivity contribution in [3.8, 4) is 11.5 Å². The molecule has 0 aliphatic heterocycles. The van der Waals surface area contributed by atoms with Gasteiger partial charge in [0.15, 0.2) is 11.5 Å². The van der Waals surface area contributed by atoms with Gasteiger partial charge in [0.2, 0.25) is 0 Å². The van der Waals surface area contributed by atoms with E-state index in [0.29, 0.717) is 11.5 Å². The third-order valence-electron chi connectivity index (χ3n) is 2.93. The number of hydrogen-bond donors (Lipinski definition) is 2. The van der Waals surface area contributed by atoms with Crippen LogP contribution in [0.2, 0.25) is 0 Å². The molecule has 1 heterocycles. The van der Waals surface area contributed by atoms with E-state index >= 15 is 0 Å². The lowest BCUT2D eigenvalue weighted by atomic mass is 10.1. The lowest BCUT2D eigenvalue weighted by Crippen LogP contribution is -1.90. The number of nitrogens with one attached hydrogen (secondary N) is 1. The summed E-state index contributed by atoms with van der Waals surface area (Å²) >= 11 is 0. The molecule has 0 radical (unpaired) electrons. The topological polar surface area (TPSA) is 71.6 Å². The van der Waals surface area contributed by atoms with Crippen LogP contribution in [0.4, 0.5) is 0 Å². The third kappa shape index (κ3) is 2.40. The Morgan fingerprint density at radius 3 is 2.47 bits per heavy atom. The number of carboxylic acids is 1. The van der Waals surface area contributed by atoms with E-state index in [-0.39, 0.29) is 0 Å². The van der Waals surface area contributed by atoms with Crippen LogP contribution in [0.1, 0.15) is 11.3 Å². The number of H-pyrrole nitrogens is 1. The van der Waals surface area contributed by atoms with E-state index in [1.807, 2.05) is 19.1 Å². The highest BCUT2D eigenvalue weighted by Crippen LogP contribution is 2.34. The Bertz CT molecular complexity index is 655. The minimum absolute atomic E-state index is 0.610. The van der Waals surface area contributed by atoms with Crippen LogP contribution < -0.4 is 9.47 Å². The number of aromatic amines is 1. The minimum Gasteiger partial charge on any atom is -0.493 e. The van der Waals surface area contributed by atoms with Gasteiger partial charge in [0, 0.05) is 28.8 Å². The summed E-state index contributed by atoms with van der Waals surface area (Å²) in [7, 11) is 3.14. The quantitative estimate of drug-likeness (QED) is 0.830. The molecule has 5 nitrogen and oxygen atoms in total. The van der Waals surface area contributed by atoms with Crippen molar-refractivity contribution in [3.63, 3.8) is 0 Å². The maximum atomic E-state index is 10.6. The van der Waals surface area contributed by atoms with Gasteiger partial charge in [-0.05, 0) is 19.1 Å². The standard InChI is InChI=1S/C14H15NO4/c1-8-9(4-5-14(16)17)10-6-12(18-2)13(19-3)7-11(10)15-8/h4-7,15H,1-3H3,(H,16,17)/b5-4+. The van der Waals surface area contributed by atoms with E-state index in [9.17, 15) is 4.79 Å². The molecule has 0 amide bonds. The molecule has 0 saturated heterocycles. The highest BCUT2D eigenvalue weighted by molar-refractivity contribution is 5.96. The van der Waals surface area contributed by atoms with Gasteiger partial charge >= 0.3 is 5.97 Å². The number of aromatic nitrogens is 1. The van der Waals surface area contributed by atoms with Gasteiger partial charge in [0.05, 0.1) is 19.7 Å². The van der Waals surface area contributed by atoms with Crippen molar-refractivity contribution < 1.29 is 19.4 Å². The Labute approximate surface area is 110 Å². The average molecular weight is 261 g/mol. The molecule has 2 N–H and O–H groups in total. The van der Waals surface area contributed by atoms with Gasteiger partial charge < -0.3 is 19.6 Å². The van der Waals surface area contributed by atoms with Gasteiger partial charge in [0.25, 0.3) is 0 Å². The summed E-state index contributed by atoms with van der Waals surface area (Å²) < 4.78 is 10.5. The van der Waals surface area contributed by atoms with Gasteiger partial charge in [-0.2, -0.15) is 0 Å². The van der Waals surface area contributed by atoms with Crippen LogP contribution in [-0.2, 0) is 4.79 Å². The first-order chi connectivity index (χ1) is 9.06. The third-order valence-corrected chi connectivity index (χ3v) is 2.93. The number of carboxylic acid groups (broad SMARTS) is 1. The summed E-state index contributed by atoms with van der Waals surface area (Å²) in [5.74, 6) is 0.262. The van der Waals surface area contributed by atoms with E-state index in [2.05, 4.69) is 4.98 Å². The number of methoxy groups -OCH3 is 2. The summed E-state index contributed by atoms with van der Waals surface area (Å²) in [5, 5.41) is 9.61. The zero-order valence-corrected chi connectivity index (χ0v) is 11.0. The highest BCUT2D eigenvalue weighted by atomic mass is 16.5. The van der Waals surface area contributed by atoms with Crippen LogP contribution in [0.5, 0.6) is 11.5 Å². The van der Waals surface area contributed by atoms with Gasteiger partial charge in [-0.3, -0.25) is 0 Å². The van der Waals surface area contributed by atoms with Gasteiger partial charge in [0.1, 0.15) is 0 Å². The van der Waals surface area contributed by atoms with E-state index in [4.69, 9.17) is 14.6 Å². The van der Waals surface area contributed by atoms with E-state index < -0.39 is 5.97 Å². The van der Waals surface area contributed by atoms with Crippen molar-refractivity contribution >= 4 is 22.9 Å². The molecule has 2 rings (SSSR count). The second-order valence-electron chi connectivity index (χ2n) is 4.09. The summed E-state index contributed by atoms with van der Waals surface area (Å²) in [5.41, 5.74) is 2.60. The first-order valence-electron chi connectivity index (χ1n) is 5.72. The van der Waals surface area contributed by atoms with Crippen molar-refractivity contribution in [2.24, 2.45) is 0 Å². The van der Waals surface area contributed by atoms with Crippen LogP contribution in [-0.4, -0.2) is 30.3 Å². The number of ether oxygens (including phenoxy) is 2. The van der Waals surface area contributed by atoms with Gasteiger partial charge in [-0.1, -0.05) is 0 Å². The molecule has 2 aromatic rings. The number of carbonyl (C=O) groups is 1. The van der Waals surface area contributed by atoms with Crippen molar-refractivity contribution in [2.45, 2.75) is 6.92 Å². The smallest absolute Gasteiger partial charge is 0.328 e. The monoisotopic (exact) mass is 261 g/mol. The van der Waals surface area contributed by atoms with Crippen molar-refractivity contribution in [3.05, 3.63) is 29.5 Å². The minimum atomic E-state index is -0.978. The Hall–Kier alpha value is -2.43. The number of aliphatic carboxylic acids is 1. The molecule has 0 saturated carbocycles. The van der Waals surface area contributed by atoms with Crippen LogP contribution in [0.15, 0.2) is 18.2 Å². The molecular formula is C14H15NO4. The molecule has 1 aromatic heterocycles. The van der Waals surface area contributed by atoms with Gasteiger partial charge in [-0.25, -0.2) is 4.79 Å². The Kier molecular flexibility index (Phi) is 3.46. The molecule has 0 atom stereocenters. The maximum absolute atomic E-state index is 10.6. The summed E-state index contributed by atoms with van der Waals surface area (Å²) in [4.78, 5) is 13.8. The number of benzene rings is 1. The van der Waals surface area contributed by atoms with E-state index in [1.54, 1.807) is 20.3 Å². The van der Waals surface area contributed by atoms with Crippen molar-refractivity contribution in [2.75, 3.05) is 14.2 Å². The molecule has 1 aromatic carbocycles. The molecule has 100 valence electrons. The molecule has 0 aliphatic carbocycles. The molecular weight excluding hydrogens is 246 g/mol. The Morgan fingerprint density at radius 2 is 1.89 bits per heavy atom. The predicted octanol–water partition coefficient (Wildman–Crippen LogP) is 2.59. The number of rotatable bonds is 4. The number of fused-ring (bicyclic) bond motifs is 1. The molecule has 5 heteroatoms. The fourth-order valence-electron chi connectivity index (χ4n) is 2.05. The molecule has 0 spiro atoms. The number of aryl methyl sites for hydroxylation is 1.